The van der Waals surface area contributed by atoms with Crippen LogP contribution in [0.4, 0.5) is 0 Å². The molecule has 26 heavy (non-hydrogen) atoms. The largest absolute Gasteiger partial charge is 0.462 e. The van der Waals surface area contributed by atoms with Crippen molar-refractivity contribution in [3.8, 4) is 0 Å². The van der Waals surface area contributed by atoms with Crippen LogP contribution in [0.15, 0.2) is 48.5 Å². The summed E-state index contributed by atoms with van der Waals surface area (Å²) < 4.78 is 10.1. The lowest BCUT2D eigenvalue weighted by atomic mass is 9.74. The summed E-state index contributed by atoms with van der Waals surface area (Å²) in [5, 5.41) is 0. The highest BCUT2D eigenvalue weighted by molar-refractivity contribution is 5.90. The van der Waals surface area contributed by atoms with Crippen LogP contribution in [0.5, 0.6) is 0 Å². The minimum Gasteiger partial charge on any atom is -0.462 e. The van der Waals surface area contributed by atoms with Gasteiger partial charge in [-0.15, -0.1) is 0 Å². The maximum atomic E-state index is 12.1. The molecule has 0 aliphatic rings. The highest BCUT2D eigenvalue weighted by Crippen LogP contribution is 2.35. The number of ether oxygens (including phenoxy) is 2. The van der Waals surface area contributed by atoms with E-state index in [1.54, 1.807) is 32.0 Å². The Morgan fingerprint density at radius 3 is 1.92 bits per heavy atom. The SMILES string of the molecule is CCOC(=O)c1ccc(C(C)(CC)c2cccc(C(=O)OCC)c2)cc1. The lowest BCUT2D eigenvalue weighted by Crippen LogP contribution is -2.23. The van der Waals surface area contributed by atoms with E-state index in [1.165, 1.54) is 0 Å². The Labute approximate surface area is 155 Å². The van der Waals surface area contributed by atoms with E-state index in [2.05, 4.69) is 13.8 Å². The molecule has 0 bridgehead atoms. The fourth-order valence-corrected chi connectivity index (χ4v) is 2.97. The average molecular weight is 354 g/mol. The minimum atomic E-state index is -0.318. The molecule has 0 aliphatic carbocycles. The van der Waals surface area contributed by atoms with E-state index in [9.17, 15) is 9.59 Å². The van der Waals surface area contributed by atoms with Gasteiger partial charge in [-0.2, -0.15) is 0 Å². The lowest BCUT2D eigenvalue weighted by Gasteiger charge is -2.30. The molecule has 2 aromatic carbocycles. The van der Waals surface area contributed by atoms with Crippen molar-refractivity contribution < 1.29 is 19.1 Å². The molecular weight excluding hydrogens is 328 g/mol. The number of carbonyl (C=O) groups is 2. The molecule has 138 valence electrons. The van der Waals surface area contributed by atoms with Gasteiger partial charge < -0.3 is 9.47 Å². The molecular formula is C22H26O4. The summed E-state index contributed by atoms with van der Waals surface area (Å²) >= 11 is 0. The maximum Gasteiger partial charge on any atom is 0.338 e. The first kappa shape index (κ1) is 19.7. The standard InChI is InChI=1S/C22H26O4/c1-5-22(4,18-13-11-16(12-14-18)20(23)25-6-2)19-10-8-9-17(15-19)21(24)26-7-3/h8-15H,5-7H2,1-4H3. The molecule has 0 radical (unpaired) electrons. The van der Waals surface area contributed by atoms with Crippen LogP contribution in [0.2, 0.25) is 0 Å². The summed E-state index contributed by atoms with van der Waals surface area (Å²) in [6.45, 7) is 8.53. The summed E-state index contributed by atoms with van der Waals surface area (Å²) in [6, 6.07) is 15.0. The van der Waals surface area contributed by atoms with Crippen molar-refractivity contribution in [1.29, 1.82) is 0 Å². The second-order valence-electron chi connectivity index (χ2n) is 6.28. The lowest BCUT2D eigenvalue weighted by molar-refractivity contribution is 0.0516. The van der Waals surface area contributed by atoms with Gasteiger partial charge in [0.1, 0.15) is 0 Å². The topological polar surface area (TPSA) is 52.6 Å². The molecule has 0 aromatic heterocycles. The van der Waals surface area contributed by atoms with E-state index in [0.29, 0.717) is 24.3 Å². The zero-order valence-electron chi connectivity index (χ0n) is 15.9. The first-order valence-electron chi connectivity index (χ1n) is 9.01. The van der Waals surface area contributed by atoms with Gasteiger partial charge in [-0.25, -0.2) is 9.59 Å². The molecule has 0 aliphatic heterocycles. The highest BCUT2D eigenvalue weighted by Gasteiger charge is 2.28. The van der Waals surface area contributed by atoms with E-state index in [0.717, 1.165) is 17.5 Å². The van der Waals surface area contributed by atoms with Crippen molar-refractivity contribution in [3.05, 3.63) is 70.8 Å². The zero-order chi connectivity index (χ0) is 19.2. The predicted molar refractivity (Wildman–Crippen MR) is 102 cm³/mol. The van der Waals surface area contributed by atoms with Gasteiger partial charge in [0.2, 0.25) is 0 Å². The molecule has 0 N–H and O–H groups in total. The van der Waals surface area contributed by atoms with E-state index < -0.39 is 0 Å². The minimum absolute atomic E-state index is 0.282. The van der Waals surface area contributed by atoms with Crippen molar-refractivity contribution in [2.24, 2.45) is 0 Å². The van der Waals surface area contributed by atoms with Gasteiger partial charge in [-0.1, -0.05) is 38.1 Å². The smallest absolute Gasteiger partial charge is 0.338 e. The van der Waals surface area contributed by atoms with E-state index in [-0.39, 0.29) is 17.4 Å². The van der Waals surface area contributed by atoms with Crippen LogP contribution in [0.1, 0.15) is 66.0 Å². The van der Waals surface area contributed by atoms with Crippen LogP contribution < -0.4 is 0 Å². The Morgan fingerprint density at radius 2 is 1.38 bits per heavy atom. The van der Waals surface area contributed by atoms with E-state index >= 15 is 0 Å². The Kier molecular flexibility index (Phi) is 6.56. The summed E-state index contributed by atoms with van der Waals surface area (Å²) in [4.78, 5) is 23.9. The molecule has 0 fully saturated rings. The van der Waals surface area contributed by atoms with Crippen molar-refractivity contribution in [1.82, 2.24) is 0 Å². The van der Waals surface area contributed by atoms with Crippen LogP contribution in [-0.2, 0) is 14.9 Å². The summed E-state index contributed by atoms with van der Waals surface area (Å²) in [6.07, 6.45) is 0.845. The van der Waals surface area contributed by atoms with Gasteiger partial charge >= 0.3 is 11.9 Å². The molecule has 0 spiro atoms. The molecule has 2 rings (SSSR count). The Hall–Kier alpha value is -2.62. The molecule has 0 saturated carbocycles. The van der Waals surface area contributed by atoms with Gasteiger partial charge in [-0.3, -0.25) is 0 Å². The van der Waals surface area contributed by atoms with Crippen LogP contribution in [0.3, 0.4) is 0 Å². The Morgan fingerprint density at radius 1 is 0.808 bits per heavy atom. The van der Waals surface area contributed by atoms with Crippen molar-refractivity contribution in [2.75, 3.05) is 13.2 Å². The molecule has 0 amide bonds. The predicted octanol–water partition coefficient (Wildman–Crippen LogP) is 4.76. The van der Waals surface area contributed by atoms with Crippen molar-refractivity contribution in [3.63, 3.8) is 0 Å². The zero-order valence-corrected chi connectivity index (χ0v) is 15.9. The Bertz CT molecular complexity index is 764. The number of benzene rings is 2. The van der Waals surface area contributed by atoms with Gasteiger partial charge in [0.15, 0.2) is 0 Å². The summed E-state index contributed by atoms with van der Waals surface area (Å²) in [5.41, 5.74) is 2.92. The van der Waals surface area contributed by atoms with Crippen molar-refractivity contribution >= 4 is 11.9 Å². The number of rotatable bonds is 7. The second-order valence-corrected chi connectivity index (χ2v) is 6.28. The monoisotopic (exact) mass is 354 g/mol. The molecule has 1 atom stereocenters. The van der Waals surface area contributed by atoms with Crippen LogP contribution >= 0.6 is 0 Å². The van der Waals surface area contributed by atoms with Crippen LogP contribution in [-0.4, -0.2) is 25.2 Å². The number of hydrogen-bond acceptors (Lipinski definition) is 4. The number of carbonyl (C=O) groups excluding carboxylic acids is 2. The second kappa shape index (κ2) is 8.65. The fourth-order valence-electron chi connectivity index (χ4n) is 2.97. The molecule has 0 heterocycles. The van der Waals surface area contributed by atoms with Gasteiger partial charge in [0.25, 0.3) is 0 Å². The normalized spacial score (nSPS) is 12.9. The molecule has 1 unspecified atom stereocenters. The number of hydrogen-bond donors (Lipinski definition) is 0. The molecule has 4 nitrogen and oxygen atoms in total. The average Bonchev–Trinajstić information content (AvgIpc) is 2.68. The van der Waals surface area contributed by atoms with E-state index in [4.69, 9.17) is 9.47 Å². The van der Waals surface area contributed by atoms with Gasteiger partial charge in [-0.05, 0) is 55.7 Å². The molecule has 0 saturated heterocycles. The van der Waals surface area contributed by atoms with Crippen molar-refractivity contribution in [2.45, 2.75) is 39.5 Å². The fraction of sp³-hybridized carbons (Fsp3) is 0.364. The van der Waals surface area contributed by atoms with Crippen LogP contribution in [0, 0.1) is 0 Å². The summed E-state index contributed by atoms with van der Waals surface area (Å²) in [5.74, 6) is -0.632. The highest BCUT2D eigenvalue weighted by atomic mass is 16.5. The first-order valence-corrected chi connectivity index (χ1v) is 9.01. The van der Waals surface area contributed by atoms with E-state index in [1.807, 2.05) is 30.3 Å². The van der Waals surface area contributed by atoms with Gasteiger partial charge in [0, 0.05) is 5.41 Å². The third-order valence-electron chi connectivity index (χ3n) is 4.75. The van der Waals surface area contributed by atoms with Gasteiger partial charge in [0.05, 0.1) is 24.3 Å². The van der Waals surface area contributed by atoms with Crippen LogP contribution in [0.25, 0.3) is 0 Å². The Balaban J connectivity index is 2.37. The quantitative estimate of drug-likeness (QED) is 0.673. The summed E-state index contributed by atoms with van der Waals surface area (Å²) in [7, 11) is 0. The first-order chi connectivity index (χ1) is 12.5. The maximum absolute atomic E-state index is 12.1. The number of esters is 2. The third-order valence-corrected chi connectivity index (χ3v) is 4.75. The molecule has 4 heteroatoms. The molecule has 2 aromatic rings. The third kappa shape index (κ3) is 4.13.